The second-order valence-corrected chi connectivity index (χ2v) is 6.89. The van der Waals surface area contributed by atoms with E-state index >= 15 is 0 Å². The van der Waals surface area contributed by atoms with E-state index in [1.807, 2.05) is 0 Å². The zero-order valence-corrected chi connectivity index (χ0v) is 14.3. The normalized spacial score (nSPS) is 18.5. The van der Waals surface area contributed by atoms with E-state index in [9.17, 15) is 14.0 Å². The smallest absolute Gasteiger partial charge is 0.320 e. The molecule has 1 aliphatic rings. The maximum absolute atomic E-state index is 13.6. The van der Waals surface area contributed by atoms with Crippen molar-refractivity contribution in [2.24, 2.45) is 0 Å². The van der Waals surface area contributed by atoms with Crippen LogP contribution in [0.25, 0.3) is 6.08 Å². The summed E-state index contributed by atoms with van der Waals surface area (Å²) in [5.74, 6) is -0.295. The molecule has 0 aliphatic carbocycles. The van der Waals surface area contributed by atoms with Gasteiger partial charge in [-0.25, -0.2) is 4.39 Å². The Morgan fingerprint density at radius 2 is 2.27 bits per heavy atom. The highest BCUT2D eigenvalue weighted by Gasteiger charge is 2.28. The number of carbonyl (C=O) groups excluding carboxylic acids is 2. The summed E-state index contributed by atoms with van der Waals surface area (Å²) in [5.41, 5.74) is 0.332. The fraction of sp³-hybridized carbons (Fsp3) is 0.333. The molecule has 0 N–H and O–H groups in total. The predicted molar refractivity (Wildman–Crippen MR) is 88.0 cm³/mol. The van der Waals surface area contributed by atoms with E-state index in [0.29, 0.717) is 24.4 Å². The highest BCUT2D eigenvalue weighted by molar-refractivity contribution is 9.10. The van der Waals surface area contributed by atoms with Gasteiger partial charge in [0, 0.05) is 35.0 Å². The number of nitrogens with zero attached hydrogens (tertiary/aromatic N) is 1. The van der Waals surface area contributed by atoms with Crippen molar-refractivity contribution in [2.45, 2.75) is 5.25 Å². The molecule has 1 fully saturated rings. The van der Waals surface area contributed by atoms with Gasteiger partial charge in [0.25, 0.3) is 0 Å². The molecule has 1 amide bonds. The third-order valence-corrected chi connectivity index (χ3v) is 4.86. The number of thioether (sulfide) groups is 1. The van der Waals surface area contributed by atoms with E-state index in [1.54, 1.807) is 17.0 Å². The number of esters is 1. The first-order valence-corrected chi connectivity index (χ1v) is 8.47. The number of carbonyl (C=O) groups is 2. The summed E-state index contributed by atoms with van der Waals surface area (Å²) < 4.78 is 19.1. The van der Waals surface area contributed by atoms with Gasteiger partial charge in [-0.1, -0.05) is 15.9 Å². The molecule has 1 aliphatic heterocycles. The predicted octanol–water partition coefficient (Wildman–Crippen LogP) is 2.72. The molecule has 22 heavy (non-hydrogen) atoms. The Hall–Kier alpha value is -1.34. The number of ether oxygens (including phenoxy) is 1. The van der Waals surface area contributed by atoms with Crippen LogP contribution < -0.4 is 0 Å². The van der Waals surface area contributed by atoms with Crippen LogP contribution >= 0.6 is 27.7 Å². The maximum atomic E-state index is 13.6. The summed E-state index contributed by atoms with van der Waals surface area (Å²) in [6.45, 7) is 0.865. The zero-order valence-electron chi connectivity index (χ0n) is 11.9. The van der Waals surface area contributed by atoms with Crippen LogP contribution in [0.4, 0.5) is 4.39 Å². The summed E-state index contributed by atoms with van der Waals surface area (Å²) in [5, 5.41) is -0.362. The maximum Gasteiger partial charge on any atom is 0.320 e. The lowest BCUT2D eigenvalue weighted by molar-refractivity contribution is -0.140. The first-order chi connectivity index (χ1) is 10.5. The lowest BCUT2D eigenvalue weighted by atomic mass is 10.2. The van der Waals surface area contributed by atoms with Gasteiger partial charge in [0.05, 0.1) is 7.11 Å². The molecule has 0 aromatic heterocycles. The second kappa shape index (κ2) is 7.78. The lowest BCUT2D eigenvalue weighted by Gasteiger charge is -2.30. The molecule has 1 aromatic carbocycles. The van der Waals surface area contributed by atoms with E-state index in [2.05, 4.69) is 15.9 Å². The highest BCUT2D eigenvalue weighted by atomic mass is 79.9. The Kier molecular flexibility index (Phi) is 6.02. The standard InChI is InChI=1S/C15H15BrFNO3S/c1-21-15(20)13-9-18(6-7-22-13)14(19)5-2-10-8-11(16)3-4-12(10)17/h2-5,8,13H,6-7,9H2,1H3/b5-2+/t13-/m1/s1. The molecule has 4 nitrogen and oxygen atoms in total. The molecule has 0 unspecified atom stereocenters. The van der Waals surface area contributed by atoms with Crippen LogP contribution in [0.2, 0.25) is 0 Å². The van der Waals surface area contributed by atoms with Crippen LogP contribution in [-0.4, -0.2) is 48.0 Å². The Labute approximate surface area is 140 Å². The van der Waals surface area contributed by atoms with E-state index in [-0.39, 0.29) is 17.1 Å². The summed E-state index contributed by atoms with van der Waals surface area (Å²) >= 11 is 4.74. The Morgan fingerprint density at radius 1 is 1.50 bits per heavy atom. The first-order valence-electron chi connectivity index (χ1n) is 6.62. The van der Waals surface area contributed by atoms with Crippen molar-refractivity contribution in [1.29, 1.82) is 0 Å². The third-order valence-electron chi connectivity index (χ3n) is 3.21. The van der Waals surface area contributed by atoms with Crippen LogP contribution in [0.3, 0.4) is 0 Å². The second-order valence-electron chi connectivity index (χ2n) is 4.67. The third kappa shape index (κ3) is 4.33. The number of rotatable bonds is 3. The fourth-order valence-corrected chi connectivity index (χ4v) is 3.54. The largest absolute Gasteiger partial charge is 0.468 e. The van der Waals surface area contributed by atoms with Crippen LogP contribution in [0.5, 0.6) is 0 Å². The summed E-state index contributed by atoms with van der Waals surface area (Å²) in [6, 6.07) is 4.53. The molecule has 0 radical (unpaired) electrons. The van der Waals surface area contributed by atoms with E-state index in [0.717, 1.165) is 4.47 Å². The van der Waals surface area contributed by atoms with Gasteiger partial charge in [-0.2, -0.15) is 0 Å². The fourth-order valence-electron chi connectivity index (χ4n) is 2.03. The Bertz CT molecular complexity index is 608. The van der Waals surface area contributed by atoms with Crippen molar-refractivity contribution in [1.82, 2.24) is 4.90 Å². The minimum absolute atomic E-state index is 0.242. The number of amides is 1. The first kappa shape index (κ1) is 17.0. The number of halogens is 2. The molecule has 0 spiro atoms. The van der Waals surface area contributed by atoms with Crippen molar-refractivity contribution >= 4 is 45.6 Å². The average Bonchev–Trinajstić information content (AvgIpc) is 2.54. The van der Waals surface area contributed by atoms with Crippen LogP contribution in [0, 0.1) is 5.82 Å². The Morgan fingerprint density at radius 3 is 3.00 bits per heavy atom. The monoisotopic (exact) mass is 387 g/mol. The molecule has 1 atom stereocenters. The van der Waals surface area contributed by atoms with Crippen molar-refractivity contribution in [2.75, 3.05) is 26.0 Å². The lowest BCUT2D eigenvalue weighted by Crippen LogP contribution is -2.44. The zero-order chi connectivity index (χ0) is 16.1. The average molecular weight is 388 g/mol. The molecule has 1 aromatic rings. The van der Waals surface area contributed by atoms with Crippen LogP contribution in [0.1, 0.15) is 5.56 Å². The van der Waals surface area contributed by atoms with Gasteiger partial charge in [0.1, 0.15) is 11.1 Å². The van der Waals surface area contributed by atoms with E-state index in [1.165, 1.54) is 37.1 Å². The molecule has 1 heterocycles. The van der Waals surface area contributed by atoms with Gasteiger partial charge in [0.15, 0.2) is 0 Å². The number of benzene rings is 1. The number of methoxy groups -OCH3 is 1. The minimum Gasteiger partial charge on any atom is -0.468 e. The van der Waals surface area contributed by atoms with Gasteiger partial charge in [0.2, 0.25) is 5.91 Å². The van der Waals surface area contributed by atoms with Gasteiger partial charge < -0.3 is 9.64 Å². The molecule has 0 saturated carbocycles. The summed E-state index contributed by atoms with van der Waals surface area (Å²) in [4.78, 5) is 25.3. The van der Waals surface area contributed by atoms with Crippen molar-refractivity contribution in [3.63, 3.8) is 0 Å². The van der Waals surface area contributed by atoms with Crippen LogP contribution in [-0.2, 0) is 14.3 Å². The highest BCUT2D eigenvalue weighted by Crippen LogP contribution is 2.21. The summed E-state index contributed by atoms with van der Waals surface area (Å²) in [7, 11) is 1.33. The quantitative estimate of drug-likeness (QED) is 0.590. The Balaban J connectivity index is 2.03. The topological polar surface area (TPSA) is 46.6 Å². The van der Waals surface area contributed by atoms with Gasteiger partial charge in [-0.3, -0.25) is 9.59 Å². The van der Waals surface area contributed by atoms with Crippen molar-refractivity contribution < 1.29 is 18.7 Å². The van der Waals surface area contributed by atoms with Gasteiger partial charge in [-0.15, -0.1) is 11.8 Å². The summed E-state index contributed by atoms with van der Waals surface area (Å²) in [6.07, 6.45) is 2.77. The molecule has 1 saturated heterocycles. The number of hydrogen-bond donors (Lipinski definition) is 0. The minimum atomic E-state index is -0.395. The molecular weight excluding hydrogens is 373 g/mol. The van der Waals surface area contributed by atoms with Crippen molar-refractivity contribution in [3.8, 4) is 0 Å². The molecule has 7 heteroatoms. The van der Waals surface area contributed by atoms with E-state index < -0.39 is 5.82 Å². The van der Waals surface area contributed by atoms with Gasteiger partial charge in [-0.05, 0) is 24.3 Å². The molecule has 2 rings (SSSR count). The molecule has 118 valence electrons. The van der Waals surface area contributed by atoms with E-state index in [4.69, 9.17) is 4.74 Å². The van der Waals surface area contributed by atoms with Crippen LogP contribution in [0.15, 0.2) is 28.7 Å². The SMILES string of the molecule is COC(=O)[C@H]1CN(C(=O)/C=C/c2cc(Br)ccc2F)CCS1. The number of hydrogen-bond acceptors (Lipinski definition) is 4. The molecule has 0 bridgehead atoms. The van der Waals surface area contributed by atoms with Crippen molar-refractivity contribution in [3.05, 3.63) is 40.1 Å². The molecular formula is C15H15BrFNO3S. The van der Waals surface area contributed by atoms with Gasteiger partial charge >= 0.3 is 5.97 Å².